The lowest BCUT2D eigenvalue weighted by atomic mass is 10.1. The third-order valence-electron chi connectivity index (χ3n) is 3.39. The van der Waals surface area contributed by atoms with Gasteiger partial charge in [-0.2, -0.15) is 0 Å². The Balaban J connectivity index is 3.11. The molecule has 3 heteroatoms. The van der Waals surface area contributed by atoms with Crippen molar-refractivity contribution in [2.75, 3.05) is 11.9 Å². The molecule has 1 aromatic heterocycles. The second-order valence-electron chi connectivity index (χ2n) is 4.80. The Morgan fingerprint density at radius 2 is 2.06 bits per heavy atom. The summed E-state index contributed by atoms with van der Waals surface area (Å²) in [6.07, 6.45) is 2.40. The molecule has 0 saturated heterocycles. The quantitative estimate of drug-likeness (QED) is 0.853. The highest BCUT2D eigenvalue weighted by Gasteiger charge is 2.15. The standard InChI is InChI=1S/C14H25N3/c1-6-7-11(3)17(5)14-8-10(2)16-12(4)13(14)9-15/h8,11H,6-7,9,15H2,1-5H3. The Bertz CT molecular complexity index is 374. The number of anilines is 1. The first kappa shape index (κ1) is 14.0. The molecular weight excluding hydrogens is 210 g/mol. The van der Waals surface area contributed by atoms with Crippen LogP contribution in [-0.4, -0.2) is 18.1 Å². The Hall–Kier alpha value is -1.09. The van der Waals surface area contributed by atoms with E-state index in [4.69, 9.17) is 5.73 Å². The average molecular weight is 235 g/mol. The van der Waals surface area contributed by atoms with Crippen LogP contribution in [0.5, 0.6) is 0 Å². The molecule has 0 radical (unpaired) electrons. The lowest BCUT2D eigenvalue weighted by molar-refractivity contribution is 0.613. The zero-order valence-corrected chi connectivity index (χ0v) is 11.7. The number of pyridine rings is 1. The zero-order chi connectivity index (χ0) is 13.0. The fraction of sp³-hybridized carbons (Fsp3) is 0.643. The number of hydrogen-bond acceptors (Lipinski definition) is 3. The van der Waals surface area contributed by atoms with E-state index in [1.165, 1.54) is 24.1 Å². The first-order valence-electron chi connectivity index (χ1n) is 6.41. The van der Waals surface area contributed by atoms with Crippen LogP contribution in [0, 0.1) is 13.8 Å². The lowest BCUT2D eigenvalue weighted by Gasteiger charge is -2.29. The predicted molar refractivity (Wildman–Crippen MR) is 74.4 cm³/mol. The van der Waals surface area contributed by atoms with E-state index in [-0.39, 0.29) is 0 Å². The molecule has 0 amide bonds. The summed E-state index contributed by atoms with van der Waals surface area (Å²) in [4.78, 5) is 6.81. The maximum absolute atomic E-state index is 5.85. The van der Waals surface area contributed by atoms with Crippen LogP contribution in [0.15, 0.2) is 6.07 Å². The SMILES string of the molecule is CCCC(C)N(C)c1cc(C)nc(C)c1CN. The van der Waals surface area contributed by atoms with E-state index in [0.29, 0.717) is 12.6 Å². The molecule has 0 aromatic carbocycles. The van der Waals surface area contributed by atoms with Crippen molar-refractivity contribution >= 4 is 5.69 Å². The third-order valence-corrected chi connectivity index (χ3v) is 3.39. The molecule has 0 fully saturated rings. The maximum Gasteiger partial charge on any atom is 0.0448 e. The van der Waals surface area contributed by atoms with Gasteiger partial charge in [-0.15, -0.1) is 0 Å². The van der Waals surface area contributed by atoms with Crippen molar-refractivity contribution in [2.45, 2.75) is 53.1 Å². The molecule has 0 bridgehead atoms. The molecule has 3 nitrogen and oxygen atoms in total. The van der Waals surface area contributed by atoms with Crippen LogP contribution in [0.4, 0.5) is 5.69 Å². The smallest absolute Gasteiger partial charge is 0.0448 e. The number of aryl methyl sites for hydroxylation is 2. The van der Waals surface area contributed by atoms with Crippen molar-refractivity contribution in [3.05, 3.63) is 23.0 Å². The summed E-state index contributed by atoms with van der Waals surface area (Å²) in [7, 11) is 2.15. The molecule has 1 rings (SSSR count). The monoisotopic (exact) mass is 235 g/mol. The Labute approximate surface area is 105 Å². The van der Waals surface area contributed by atoms with Crippen molar-refractivity contribution in [1.82, 2.24) is 4.98 Å². The normalized spacial score (nSPS) is 12.6. The van der Waals surface area contributed by atoms with Gasteiger partial charge in [-0.05, 0) is 33.3 Å². The Morgan fingerprint density at radius 1 is 1.41 bits per heavy atom. The summed E-state index contributed by atoms with van der Waals surface area (Å²) >= 11 is 0. The minimum Gasteiger partial charge on any atom is -0.372 e. The van der Waals surface area contributed by atoms with Crippen LogP contribution < -0.4 is 10.6 Å². The lowest BCUT2D eigenvalue weighted by Crippen LogP contribution is -2.30. The van der Waals surface area contributed by atoms with Crippen LogP contribution in [0.2, 0.25) is 0 Å². The fourth-order valence-corrected chi connectivity index (χ4v) is 2.25. The van der Waals surface area contributed by atoms with Gasteiger partial charge in [0, 0.05) is 42.3 Å². The van der Waals surface area contributed by atoms with Gasteiger partial charge >= 0.3 is 0 Å². The van der Waals surface area contributed by atoms with Gasteiger partial charge in [0.05, 0.1) is 0 Å². The molecule has 1 unspecified atom stereocenters. The van der Waals surface area contributed by atoms with E-state index >= 15 is 0 Å². The second kappa shape index (κ2) is 6.01. The van der Waals surface area contributed by atoms with Gasteiger partial charge in [0.2, 0.25) is 0 Å². The molecule has 0 saturated carbocycles. The van der Waals surface area contributed by atoms with Gasteiger partial charge in [0.15, 0.2) is 0 Å². The average Bonchev–Trinajstić information content (AvgIpc) is 2.27. The van der Waals surface area contributed by atoms with Crippen molar-refractivity contribution in [3.63, 3.8) is 0 Å². The van der Waals surface area contributed by atoms with E-state index in [1.54, 1.807) is 0 Å². The van der Waals surface area contributed by atoms with Crippen LogP contribution in [0.25, 0.3) is 0 Å². The third kappa shape index (κ3) is 3.19. The first-order chi connectivity index (χ1) is 8.01. The molecule has 1 aromatic rings. The van der Waals surface area contributed by atoms with E-state index in [1.807, 2.05) is 13.8 Å². The number of aromatic nitrogens is 1. The van der Waals surface area contributed by atoms with Crippen molar-refractivity contribution in [2.24, 2.45) is 5.73 Å². The highest BCUT2D eigenvalue weighted by Crippen LogP contribution is 2.25. The first-order valence-corrected chi connectivity index (χ1v) is 6.41. The van der Waals surface area contributed by atoms with Crippen molar-refractivity contribution in [1.29, 1.82) is 0 Å². The summed E-state index contributed by atoms with van der Waals surface area (Å²) in [5, 5.41) is 0. The maximum atomic E-state index is 5.85. The zero-order valence-electron chi connectivity index (χ0n) is 11.7. The Morgan fingerprint density at radius 3 is 2.59 bits per heavy atom. The number of hydrogen-bond donors (Lipinski definition) is 1. The second-order valence-corrected chi connectivity index (χ2v) is 4.80. The summed E-state index contributed by atoms with van der Waals surface area (Å²) < 4.78 is 0. The van der Waals surface area contributed by atoms with E-state index in [0.717, 1.165) is 11.4 Å². The molecular formula is C14H25N3. The molecule has 0 spiro atoms. The highest BCUT2D eigenvalue weighted by molar-refractivity contribution is 5.56. The van der Waals surface area contributed by atoms with Crippen LogP contribution in [0.1, 0.15) is 43.6 Å². The number of nitrogens with zero attached hydrogens (tertiary/aromatic N) is 2. The molecule has 0 aliphatic heterocycles. The summed E-state index contributed by atoms with van der Waals surface area (Å²) in [5.41, 5.74) is 10.4. The molecule has 17 heavy (non-hydrogen) atoms. The van der Waals surface area contributed by atoms with E-state index in [2.05, 4.69) is 36.8 Å². The largest absolute Gasteiger partial charge is 0.372 e. The van der Waals surface area contributed by atoms with Crippen LogP contribution >= 0.6 is 0 Å². The van der Waals surface area contributed by atoms with Gasteiger partial charge in [-0.25, -0.2) is 0 Å². The Kier molecular flexibility index (Phi) is 4.94. The molecule has 1 atom stereocenters. The molecule has 2 N–H and O–H groups in total. The molecule has 0 aliphatic carbocycles. The van der Waals surface area contributed by atoms with Gasteiger partial charge in [0.25, 0.3) is 0 Å². The van der Waals surface area contributed by atoms with Gasteiger partial charge in [-0.1, -0.05) is 13.3 Å². The van der Waals surface area contributed by atoms with E-state index in [9.17, 15) is 0 Å². The number of nitrogens with two attached hydrogens (primary N) is 1. The van der Waals surface area contributed by atoms with Crippen molar-refractivity contribution in [3.8, 4) is 0 Å². The van der Waals surface area contributed by atoms with Gasteiger partial charge < -0.3 is 10.6 Å². The summed E-state index contributed by atoms with van der Waals surface area (Å²) in [5.74, 6) is 0. The van der Waals surface area contributed by atoms with E-state index < -0.39 is 0 Å². The summed E-state index contributed by atoms with van der Waals surface area (Å²) in [6.45, 7) is 9.11. The summed E-state index contributed by atoms with van der Waals surface area (Å²) in [6, 6.07) is 2.67. The van der Waals surface area contributed by atoms with Gasteiger partial charge in [-0.3, -0.25) is 4.98 Å². The highest BCUT2D eigenvalue weighted by atomic mass is 15.1. The van der Waals surface area contributed by atoms with Crippen molar-refractivity contribution < 1.29 is 0 Å². The number of rotatable bonds is 5. The minimum absolute atomic E-state index is 0.534. The predicted octanol–water partition coefficient (Wildman–Crippen LogP) is 2.78. The van der Waals surface area contributed by atoms with Crippen LogP contribution in [-0.2, 0) is 6.54 Å². The minimum atomic E-state index is 0.534. The van der Waals surface area contributed by atoms with Gasteiger partial charge in [0.1, 0.15) is 0 Å². The topological polar surface area (TPSA) is 42.2 Å². The van der Waals surface area contributed by atoms with Crippen LogP contribution in [0.3, 0.4) is 0 Å². The fourth-order valence-electron chi connectivity index (χ4n) is 2.25. The molecule has 0 aliphatic rings. The molecule has 96 valence electrons. The molecule has 1 heterocycles.